The van der Waals surface area contributed by atoms with Crippen molar-refractivity contribution in [1.82, 2.24) is 9.97 Å². The number of hydrogen-bond donors (Lipinski definition) is 3. The summed E-state index contributed by atoms with van der Waals surface area (Å²) in [5.74, 6) is 1.05. The van der Waals surface area contributed by atoms with Crippen LogP contribution in [0.2, 0.25) is 0 Å². The van der Waals surface area contributed by atoms with E-state index in [4.69, 9.17) is 11.5 Å². The first-order valence-electron chi connectivity index (χ1n) is 4.38. The van der Waals surface area contributed by atoms with E-state index in [-0.39, 0.29) is 0 Å². The fourth-order valence-corrected chi connectivity index (χ4v) is 1.65. The normalized spacial score (nSPS) is 10.1. The Balaban J connectivity index is 2.02. The highest BCUT2D eigenvalue weighted by molar-refractivity contribution is 7.07. The number of pyridine rings is 1. The number of hydrogen-bond acceptors (Lipinski definition) is 6. The zero-order valence-electron chi connectivity index (χ0n) is 7.97. The molecule has 6 heteroatoms. The van der Waals surface area contributed by atoms with E-state index in [2.05, 4.69) is 15.3 Å². The molecule has 5 nitrogen and oxygen atoms in total. The molecule has 0 spiro atoms. The van der Waals surface area contributed by atoms with Crippen molar-refractivity contribution in [2.75, 3.05) is 16.8 Å². The monoisotopic (exact) mass is 221 g/mol. The van der Waals surface area contributed by atoms with Crippen LogP contribution in [0.5, 0.6) is 0 Å². The summed E-state index contributed by atoms with van der Waals surface area (Å²) in [5.41, 5.74) is 14.4. The van der Waals surface area contributed by atoms with Crippen LogP contribution in [0, 0.1) is 0 Å². The third kappa shape index (κ3) is 2.35. The van der Waals surface area contributed by atoms with Gasteiger partial charge in [0, 0.05) is 5.38 Å². The minimum Gasteiger partial charge on any atom is -0.396 e. The Kier molecular flexibility index (Phi) is 2.68. The molecule has 15 heavy (non-hydrogen) atoms. The van der Waals surface area contributed by atoms with Crippen LogP contribution in [-0.4, -0.2) is 9.97 Å². The Morgan fingerprint density at radius 2 is 2.20 bits per heavy atom. The average molecular weight is 221 g/mol. The molecule has 0 aliphatic rings. The number of anilines is 3. The predicted molar refractivity (Wildman–Crippen MR) is 62.5 cm³/mol. The number of nitrogens with two attached hydrogens (primary N) is 2. The van der Waals surface area contributed by atoms with E-state index in [0.717, 1.165) is 5.69 Å². The van der Waals surface area contributed by atoms with Gasteiger partial charge in [-0.25, -0.2) is 9.97 Å². The van der Waals surface area contributed by atoms with Gasteiger partial charge >= 0.3 is 0 Å². The van der Waals surface area contributed by atoms with Crippen LogP contribution < -0.4 is 16.8 Å². The SMILES string of the molecule is Nc1ccc(NCc2cscn2)nc1N. The summed E-state index contributed by atoms with van der Waals surface area (Å²) in [7, 11) is 0. The van der Waals surface area contributed by atoms with Gasteiger partial charge in [-0.1, -0.05) is 0 Å². The van der Waals surface area contributed by atoms with Gasteiger partial charge < -0.3 is 16.8 Å². The lowest BCUT2D eigenvalue weighted by Gasteiger charge is -2.05. The molecular formula is C9H11N5S. The topological polar surface area (TPSA) is 89.8 Å². The van der Waals surface area contributed by atoms with E-state index in [1.807, 2.05) is 5.38 Å². The number of nitrogens with one attached hydrogen (secondary N) is 1. The first-order chi connectivity index (χ1) is 7.25. The molecule has 5 N–H and O–H groups in total. The maximum absolute atomic E-state index is 5.58. The molecule has 78 valence electrons. The Morgan fingerprint density at radius 3 is 2.87 bits per heavy atom. The van der Waals surface area contributed by atoms with Gasteiger partial charge in [0.1, 0.15) is 11.6 Å². The van der Waals surface area contributed by atoms with Gasteiger partial charge in [-0.2, -0.15) is 0 Å². The third-order valence-electron chi connectivity index (χ3n) is 1.89. The second-order valence-electron chi connectivity index (χ2n) is 3.00. The number of nitrogen functional groups attached to an aromatic ring is 2. The summed E-state index contributed by atoms with van der Waals surface area (Å²) in [5, 5.41) is 5.09. The first kappa shape index (κ1) is 9.72. The Hall–Kier alpha value is -1.82. The van der Waals surface area contributed by atoms with Gasteiger partial charge in [-0.15, -0.1) is 11.3 Å². The Morgan fingerprint density at radius 1 is 1.33 bits per heavy atom. The Labute approximate surface area is 91.2 Å². The van der Waals surface area contributed by atoms with Crippen molar-refractivity contribution in [1.29, 1.82) is 0 Å². The van der Waals surface area contributed by atoms with Crippen LogP contribution >= 0.6 is 11.3 Å². The highest BCUT2D eigenvalue weighted by Crippen LogP contribution is 2.15. The predicted octanol–water partition coefficient (Wildman–Crippen LogP) is 1.31. The fraction of sp³-hybridized carbons (Fsp3) is 0.111. The number of nitrogens with zero attached hydrogens (tertiary/aromatic N) is 2. The van der Waals surface area contributed by atoms with E-state index in [1.54, 1.807) is 29.0 Å². The second-order valence-corrected chi connectivity index (χ2v) is 3.72. The zero-order chi connectivity index (χ0) is 10.7. The largest absolute Gasteiger partial charge is 0.396 e. The minimum atomic E-state index is 0.346. The van der Waals surface area contributed by atoms with Gasteiger partial charge in [-0.3, -0.25) is 0 Å². The molecular weight excluding hydrogens is 210 g/mol. The van der Waals surface area contributed by atoms with Crippen molar-refractivity contribution in [3.05, 3.63) is 28.7 Å². The van der Waals surface area contributed by atoms with Crippen LogP contribution in [0.25, 0.3) is 0 Å². The van der Waals surface area contributed by atoms with Crippen LogP contribution in [0.1, 0.15) is 5.69 Å². The summed E-state index contributed by atoms with van der Waals surface area (Å²) in [4.78, 5) is 8.23. The lowest BCUT2D eigenvalue weighted by Crippen LogP contribution is -2.04. The highest BCUT2D eigenvalue weighted by atomic mass is 32.1. The Bertz CT molecular complexity index is 440. The van der Waals surface area contributed by atoms with Crippen LogP contribution in [0.15, 0.2) is 23.0 Å². The molecule has 2 aromatic heterocycles. The van der Waals surface area contributed by atoms with E-state index < -0.39 is 0 Å². The van der Waals surface area contributed by atoms with Crippen LogP contribution in [-0.2, 0) is 6.54 Å². The van der Waals surface area contributed by atoms with Crippen LogP contribution in [0.3, 0.4) is 0 Å². The molecule has 0 amide bonds. The second kappa shape index (κ2) is 4.14. The molecule has 2 heterocycles. The summed E-state index contributed by atoms with van der Waals surface area (Å²) in [6.07, 6.45) is 0. The average Bonchev–Trinajstić information content (AvgIpc) is 2.73. The summed E-state index contributed by atoms with van der Waals surface area (Å²) in [6, 6.07) is 3.52. The molecule has 0 radical (unpaired) electrons. The fourth-order valence-electron chi connectivity index (χ4n) is 1.09. The number of thiazole rings is 1. The standard InChI is InChI=1S/C9H11N5S/c10-7-1-2-8(14-9(7)11)12-3-6-4-15-5-13-6/h1-2,4-5H,3,10H2,(H3,11,12,14). The molecule has 0 aliphatic carbocycles. The first-order valence-corrected chi connectivity index (χ1v) is 5.33. The smallest absolute Gasteiger partial charge is 0.149 e. The van der Waals surface area contributed by atoms with Crippen molar-refractivity contribution in [3.8, 4) is 0 Å². The molecule has 0 aromatic carbocycles. The molecule has 0 aliphatic heterocycles. The molecule has 0 bridgehead atoms. The van der Waals surface area contributed by atoms with E-state index in [0.29, 0.717) is 23.9 Å². The molecule has 0 saturated carbocycles. The van der Waals surface area contributed by atoms with E-state index in [1.165, 1.54) is 0 Å². The summed E-state index contributed by atoms with van der Waals surface area (Å²) >= 11 is 1.56. The zero-order valence-corrected chi connectivity index (χ0v) is 8.79. The van der Waals surface area contributed by atoms with Crippen LogP contribution in [0.4, 0.5) is 17.3 Å². The maximum atomic E-state index is 5.58. The summed E-state index contributed by atoms with van der Waals surface area (Å²) in [6.45, 7) is 0.639. The lowest BCUT2D eigenvalue weighted by molar-refractivity contribution is 1.06. The lowest BCUT2D eigenvalue weighted by atomic mass is 10.4. The summed E-state index contributed by atoms with van der Waals surface area (Å²) < 4.78 is 0. The molecule has 0 unspecified atom stereocenters. The molecule has 0 fully saturated rings. The van der Waals surface area contributed by atoms with Gasteiger partial charge in [0.05, 0.1) is 23.4 Å². The molecule has 0 saturated heterocycles. The number of rotatable bonds is 3. The molecule has 2 aromatic rings. The quantitative estimate of drug-likeness (QED) is 0.727. The van der Waals surface area contributed by atoms with Gasteiger partial charge in [0.25, 0.3) is 0 Å². The van der Waals surface area contributed by atoms with Crippen molar-refractivity contribution in [2.45, 2.75) is 6.54 Å². The van der Waals surface area contributed by atoms with Crippen molar-refractivity contribution in [2.24, 2.45) is 0 Å². The van der Waals surface area contributed by atoms with Gasteiger partial charge in [0.15, 0.2) is 0 Å². The highest BCUT2D eigenvalue weighted by Gasteiger charge is 1.99. The van der Waals surface area contributed by atoms with Crippen molar-refractivity contribution >= 4 is 28.7 Å². The maximum Gasteiger partial charge on any atom is 0.149 e. The molecule has 0 atom stereocenters. The van der Waals surface area contributed by atoms with Gasteiger partial charge in [0.2, 0.25) is 0 Å². The minimum absolute atomic E-state index is 0.346. The third-order valence-corrected chi connectivity index (χ3v) is 2.53. The molecule has 2 rings (SSSR count). The number of aromatic nitrogens is 2. The van der Waals surface area contributed by atoms with Crippen molar-refractivity contribution < 1.29 is 0 Å². The van der Waals surface area contributed by atoms with E-state index >= 15 is 0 Å². The van der Waals surface area contributed by atoms with Gasteiger partial charge in [-0.05, 0) is 12.1 Å². The van der Waals surface area contributed by atoms with E-state index in [9.17, 15) is 0 Å². The van der Waals surface area contributed by atoms with Crippen molar-refractivity contribution in [3.63, 3.8) is 0 Å².